The van der Waals surface area contributed by atoms with Crippen LogP contribution in [0.4, 0.5) is 10.8 Å². The number of carbonyl (C=O) groups is 1. The number of anilines is 2. The van der Waals surface area contributed by atoms with E-state index < -0.39 is 103 Å². The second-order valence-electron chi connectivity index (χ2n) is 5.78. The first-order valence-corrected chi connectivity index (χ1v) is 9.30. The molecule has 0 bridgehead atoms. The van der Waals surface area contributed by atoms with Crippen LogP contribution in [-0.2, 0) is 17.6 Å². The molecule has 0 saturated heterocycles. The molecule has 152 valence electrons. The van der Waals surface area contributed by atoms with Crippen LogP contribution in [0.3, 0.4) is 0 Å². The van der Waals surface area contributed by atoms with Crippen molar-refractivity contribution >= 4 is 28.1 Å². The van der Waals surface area contributed by atoms with Crippen LogP contribution in [0, 0.1) is 6.92 Å². The average Bonchev–Trinajstić information content (AvgIpc) is 3.31. The van der Waals surface area contributed by atoms with Crippen molar-refractivity contribution in [1.29, 1.82) is 0 Å². The SMILES string of the molecule is [2H]c1c([2H])c([C@@H](O)C([2H])([2H])CC([2H])([2H])C([2H])([2H])c2c([2H])c([2H])c(NC(=O)Cc3csc(N)n3)c([2H])c2[2H])c([2H])c([2H])c1C. The lowest BCUT2D eigenvalue weighted by Gasteiger charge is -2.11. The Hall–Kier alpha value is -2.70. The summed E-state index contributed by atoms with van der Waals surface area (Å²) in [6.07, 6.45) is -14.1. The molecule has 0 unspecified atom stereocenters. The zero-order valence-corrected chi connectivity index (χ0v) is 16.2. The molecule has 1 aromatic heterocycles. The fourth-order valence-corrected chi connectivity index (χ4v) is 2.66. The predicted octanol–water partition coefficient (Wildman–Crippen LogP) is 4.66. The highest BCUT2D eigenvalue weighted by Crippen LogP contribution is 2.21. The highest BCUT2D eigenvalue weighted by molar-refractivity contribution is 7.13. The summed E-state index contributed by atoms with van der Waals surface area (Å²) in [6.45, 7) is 1.30. The summed E-state index contributed by atoms with van der Waals surface area (Å²) in [5.74, 6) is -0.773. The van der Waals surface area contributed by atoms with Gasteiger partial charge in [0.05, 0.1) is 29.2 Å². The molecule has 5 nitrogen and oxygen atoms in total. The zero-order valence-electron chi connectivity index (χ0n) is 29.4. The first-order chi connectivity index (χ1) is 19.6. The molecule has 0 aliphatic heterocycles. The monoisotopic (exact) mass is 423 g/mol. The zero-order chi connectivity index (χ0) is 33.0. The van der Waals surface area contributed by atoms with Gasteiger partial charge in [-0.3, -0.25) is 4.79 Å². The number of nitrogens with two attached hydrogens (primary N) is 1. The van der Waals surface area contributed by atoms with Crippen molar-refractivity contribution in [3.63, 3.8) is 0 Å². The third kappa shape index (κ3) is 6.69. The quantitative estimate of drug-likeness (QED) is 0.467. The molecule has 0 aliphatic carbocycles. The number of nitrogen functional groups attached to an aromatic ring is 1. The van der Waals surface area contributed by atoms with Crippen LogP contribution in [0.15, 0.2) is 53.7 Å². The summed E-state index contributed by atoms with van der Waals surface area (Å²) < 4.78 is 116. The van der Waals surface area contributed by atoms with Crippen LogP contribution >= 0.6 is 11.3 Å². The maximum Gasteiger partial charge on any atom is 0.230 e. The van der Waals surface area contributed by atoms with Crippen molar-refractivity contribution < 1.29 is 29.1 Å². The van der Waals surface area contributed by atoms with Crippen molar-refractivity contribution in [1.82, 2.24) is 4.98 Å². The Kier molecular flexibility index (Phi) is 3.30. The number of aliphatic hydroxyl groups is 1. The standard InChI is InChI=1S/C23H27N3O2S/c1-16-6-10-18(11-7-16)21(27)5-3-2-4-17-8-12-19(13-9-17)25-22(28)14-20-15-29-23(24)26-20/h6-13,15,21,27H,2-5,14H2,1H3,(H2,24,26)(H,25,28)/t21-/m0/s1/i2D2,4D2,5D2,6D,7D,8D,9D,10D,11D,12D,13D. The Morgan fingerprint density at radius 1 is 1.28 bits per heavy atom. The number of rotatable bonds is 9. The predicted molar refractivity (Wildman–Crippen MR) is 119 cm³/mol. The fourth-order valence-electron chi connectivity index (χ4n) is 2.09. The number of aromatic nitrogens is 1. The first-order valence-electron chi connectivity index (χ1n) is 15.4. The molecule has 29 heavy (non-hydrogen) atoms. The molecular formula is C23H27N3O2S. The minimum absolute atomic E-state index is 0.0611. The van der Waals surface area contributed by atoms with Crippen molar-refractivity contribution in [2.24, 2.45) is 0 Å². The van der Waals surface area contributed by atoms with Gasteiger partial charge >= 0.3 is 0 Å². The van der Waals surface area contributed by atoms with Gasteiger partial charge in [0.25, 0.3) is 0 Å². The fraction of sp³-hybridized carbons (Fsp3) is 0.304. The topological polar surface area (TPSA) is 88.2 Å². The molecule has 2 aromatic carbocycles. The molecule has 4 N–H and O–H groups in total. The van der Waals surface area contributed by atoms with Crippen LogP contribution in [0.5, 0.6) is 0 Å². The van der Waals surface area contributed by atoms with Crippen LogP contribution in [0.2, 0.25) is 0 Å². The normalized spacial score (nSPS) is 20.3. The van der Waals surface area contributed by atoms with Gasteiger partial charge in [0.2, 0.25) is 5.91 Å². The van der Waals surface area contributed by atoms with Crippen LogP contribution in [0.25, 0.3) is 0 Å². The number of amides is 1. The van der Waals surface area contributed by atoms with Crippen LogP contribution in [0.1, 0.15) is 66.8 Å². The smallest absolute Gasteiger partial charge is 0.230 e. The Balaban J connectivity index is 2.00. The van der Waals surface area contributed by atoms with Gasteiger partial charge in [-0.25, -0.2) is 4.98 Å². The molecule has 0 saturated carbocycles. The Labute approximate surface area is 195 Å². The number of hydrogen-bond acceptors (Lipinski definition) is 5. The number of nitrogens with zero attached hydrogens (tertiary/aromatic N) is 1. The van der Waals surface area contributed by atoms with Gasteiger partial charge in [-0.1, -0.05) is 48.2 Å². The number of hydrogen-bond donors (Lipinski definition) is 3. The van der Waals surface area contributed by atoms with E-state index in [1.807, 2.05) is 0 Å². The summed E-state index contributed by atoms with van der Waals surface area (Å²) in [7, 11) is 0. The van der Waals surface area contributed by atoms with Gasteiger partial charge in [-0.15, -0.1) is 11.3 Å². The molecule has 3 rings (SSSR count). The Bertz CT molecular complexity index is 1540. The number of thiazole rings is 1. The van der Waals surface area contributed by atoms with Crippen molar-refractivity contribution in [3.05, 3.63) is 76.1 Å². The molecule has 3 aromatic rings. The largest absolute Gasteiger partial charge is 0.388 e. The number of benzene rings is 2. The van der Waals surface area contributed by atoms with Crippen molar-refractivity contribution in [2.75, 3.05) is 11.1 Å². The molecule has 0 spiro atoms. The van der Waals surface area contributed by atoms with E-state index in [1.165, 1.54) is 12.3 Å². The van der Waals surface area contributed by atoms with Gasteiger partial charge in [-0.05, 0) is 49.3 Å². The lowest BCUT2D eigenvalue weighted by molar-refractivity contribution is -0.115. The van der Waals surface area contributed by atoms with E-state index in [1.54, 1.807) is 0 Å². The minimum Gasteiger partial charge on any atom is -0.388 e. The highest BCUT2D eigenvalue weighted by atomic mass is 32.1. The van der Waals surface area contributed by atoms with Crippen molar-refractivity contribution in [2.45, 2.75) is 45.0 Å². The summed E-state index contributed by atoms with van der Waals surface area (Å²) in [6, 6.07) is -6.47. The molecule has 1 heterocycles. The van der Waals surface area contributed by atoms with Gasteiger partial charge in [0.15, 0.2) is 5.13 Å². The maximum absolute atomic E-state index is 12.5. The Morgan fingerprint density at radius 3 is 2.66 bits per heavy atom. The summed E-state index contributed by atoms with van der Waals surface area (Å²) in [4.78, 5) is 16.4. The molecule has 0 aliphatic rings. The van der Waals surface area contributed by atoms with E-state index >= 15 is 0 Å². The summed E-state index contributed by atoms with van der Waals surface area (Å²) in [5, 5.41) is 14.7. The van der Waals surface area contributed by atoms with Gasteiger partial charge in [0, 0.05) is 19.3 Å². The van der Waals surface area contributed by atoms with E-state index in [4.69, 9.17) is 24.9 Å². The van der Waals surface area contributed by atoms with Gasteiger partial charge in [-0.2, -0.15) is 0 Å². The van der Waals surface area contributed by atoms with E-state index in [2.05, 4.69) is 10.3 Å². The molecule has 1 atom stereocenters. The molecule has 0 radical (unpaired) electrons. The molecule has 1 amide bonds. The second-order valence-corrected chi connectivity index (χ2v) is 6.67. The maximum atomic E-state index is 12.5. The lowest BCUT2D eigenvalue weighted by Crippen LogP contribution is -2.14. The number of nitrogens with one attached hydrogen (secondary N) is 1. The Morgan fingerprint density at radius 2 is 2.00 bits per heavy atom. The number of carbonyl (C=O) groups excluding carboxylic acids is 1. The van der Waals surface area contributed by atoms with E-state index in [9.17, 15) is 9.90 Å². The third-order valence-corrected chi connectivity index (χ3v) is 4.16. The molecule has 6 heteroatoms. The molecule has 0 fully saturated rings. The minimum atomic E-state index is -3.41. The average molecular weight is 424 g/mol. The molecular weight excluding hydrogens is 382 g/mol. The van der Waals surface area contributed by atoms with Crippen LogP contribution in [-0.4, -0.2) is 16.0 Å². The van der Waals surface area contributed by atoms with E-state index in [-0.39, 0.29) is 22.8 Å². The second kappa shape index (κ2) is 10.2. The number of aliphatic hydroxyl groups excluding tert-OH is 1. The first kappa shape index (κ1) is 9.41. The van der Waals surface area contributed by atoms with E-state index in [0.717, 1.165) is 11.3 Å². The van der Waals surface area contributed by atoms with Gasteiger partial charge < -0.3 is 16.2 Å². The van der Waals surface area contributed by atoms with Crippen molar-refractivity contribution in [3.8, 4) is 0 Å². The van der Waals surface area contributed by atoms with Crippen LogP contribution < -0.4 is 11.1 Å². The van der Waals surface area contributed by atoms with Gasteiger partial charge in [0.1, 0.15) is 0 Å². The third-order valence-electron chi connectivity index (χ3n) is 3.44. The van der Waals surface area contributed by atoms with E-state index in [0.29, 0.717) is 0 Å². The summed E-state index contributed by atoms with van der Waals surface area (Å²) >= 11 is 1.08. The highest BCUT2D eigenvalue weighted by Gasteiger charge is 2.08. The summed E-state index contributed by atoms with van der Waals surface area (Å²) in [5.41, 5.74) is 3.33. The lowest BCUT2D eigenvalue weighted by atomic mass is 10.0.